The average Bonchev–Trinajstić information content (AvgIpc) is 3.09. The predicted molar refractivity (Wildman–Crippen MR) is 109 cm³/mol. The number of thiazole rings is 1. The maximum atomic E-state index is 12.5. The fourth-order valence-corrected chi connectivity index (χ4v) is 4.70. The lowest BCUT2D eigenvalue weighted by atomic mass is 10.2. The number of carbonyl (C=O) groups is 2. The van der Waals surface area contributed by atoms with E-state index in [0.29, 0.717) is 36.8 Å². The number of anilines is 1. The molecule has 156 valence electrons. The van der Waals surface area contributed by atoms with Crippen LogP contribution in [0.25, 0.3) is 0 Å². The molecule has 1 N–H and O–H groups in total. The summed E-state index contributed by atoms with van der Waals surface area (Å²) in [6, 6.07) is 5.71. The molecule has 29 heavy (non-hydrogen) atoms. The first kappa shape index (κ1) is 21.2. The molecule has 1 aliphatic heterocycles. The number of nitrogens with zero attached hydrogens (tertiary/aromatic N) is 3. The van der Waals surface area contributed by atoms with Crippen LogP contribution in [0.15, 0.2) is 29.2 Å². The fraction of sp³-hybridized carbons (Fsp3) is 0.389. The second-order valence-corrected chi connectivity index (χ2v) is 9.76. The quantitative estimate of drug-likeness (QED) is 0.766. The van der Waals surface area contributed by atoms with Gasteiger partial charge in [-0.05, 0) is 31.2 Å². The minimum Gasteiger partial charge on any atom is -0.450 e. The van der Waals surface area contributed by atoms with Crippen molar-refractivity contribution in [3.05, 3.63) is 40.4 Å². The Morgan fingerprint density at radius 1 is 1.28 bits per heavy atom. The Bertz CT molecular complexity index is 1020. The molecule has 0 bridgehead atoms. The number of amides is 2. The second kappa shape index (κ2) is 8.47. The minimum absolute atomic E-state index is 0.114. The number of hydrogen-bond donors (Lipinski definition) is 1. The number of aromatic nitrogens is 1. The summed E-state index contributed by atoms with van der Waals surface area (Å²) in [5.74, 6) is -0.382. The first-order chi connectivity index (χ1) is 13.7. The van der Waals surface area contributed by atoms with Gasteiger partial charge in [0.2, 0.25) is 10.0 Å². The molecule has 11 heteroatoms. The standard InChI is InChI=1S/C18H22N4O5S2/c1-4-27-18(24)22-10-9-14-15(11-22)28-17(19-14)20-16(23)12-5-7-13(8-6-12)29(25,26)21(2)3/h5-8H,4,9-11H2,1-3H3,(H,19,20,23). The molecule has 2 amide bonds. The molecule has 0 fully saturated rings. The third-order valence-electron chi connectivity index (χ3n) is 4.37. The van der Waals surface area contributed by atoms with Gasteiger partial charge in [0.25, 0.3) is 5.91 Å². The van der Waals surface area contributed by atoms with Gasteiger partial charge >= 0.3 is 6.09 Å². The van der Waals surface area contributed by atoms with E-state index in [4.69, 9.17) is 4.74 Å². The third kappa shape index (κ3) is 4.57. The van der Waals surface area contributed by atoms with E-state index < -0.39 is 10.0 Å². The van der Waals surface area contributed by atoms with Crippen LogP contribution in [0.1, 0.15) is 27.9 Å². The van der Waals surface area contributed by atoms with Crippen molar-refractivity contribution in [1.82, 2.24) is 14.2 Å². The smallest absolute Gasteiger partial charge is 0.410 e. The van der Waals surface area contributed by atoms with Crippen LogP contribution in [0.3, 0.4) is 0 Å². The first-order valence-electron chi connectivity index (χ1n) is 8.96. The Morgan fingerprint density at radius 2 is 1.97 bits per heavy atom. The van der Waals surface area contributed by atoms with Crippen molar-refractivity contribution in [2.24, 2.45) is 0 Å². The van der Waals surface area contributed by atoms with Gasteiger partial charge in [0.05, 0.1) is 23.7 Å². The topological polar surface area (TPSA) is 109 Å². The van der Waals surface area contributed by atoms with Crippen molar-refractivity contribution in [1.29, 1.82) is 0 Å². The Labute approximate surface area is 173 Å². The van der Waals surface area contributed by atoms with Gasteiger partial charge in [-0.15, -0.1) is 0 Å². The normalized spacial score (nSPS) is 13.9. The zero-order valence-corrected chi connectivity index (χ0v) is 18.0. The zero-order valence-electron chi connectivity index (χ0n) is 16.3. The highest BCUT2D eigenvalue weighted by Gasteiger charge is 2.25. The van der Waals surface area contributed by atoms with Crippen LogP contribution in [-0.4, -0.2) is 61.9 Å². The van der Waals surface area contributed by atoms with Crippen molar-refractivity contribution in [3.8, 4) is 0 Å². The van der Waals surface area contributed by atoms with Crippen LogP contribution >= 0.6 is 11.3 Å². The molecular formula is C18H22N4O5S2. The third-order valence-corrected chi connectivity index (χ3v) is 7.20. The van der Waals surface area contributed by atoms with Gasteiger partial charge in [-0.2, -0.15) is 0 Å². The summed E-state index contributed by atoms with van der Waals surface area (Å²) in [6.07, 6.45) is 0.238. The van der Waals surface area contributed by atoms with E-state index in [0.717, 1.165) is 14.9 Å². The van der Waals surface area contributed by atoms with Crippen LogP contribution in [-0.2, 0) is 27.7 Å². The van der Waals surface area contributed by atoms with E-state index in [2.05, 4.69) is 10.3 Å². The molecule has 0 saturated carbocycles. The van der Waals surface area contributed by atoms with Crippen LogP contribution in [0, 0.1) is 0 Å². The average molecular weight is 439 g/mol. The van der Waals surface area contributed by atoms with Gasteiger partial charge in [-0.1, -0.05) is 11.3 Å². The van der Waals surface area contributed by atoms with E-state index >= 15 is 0 Å². The van der Waals surface area contributed by atoms with Crippen molar-refractivity contribution >= 4 is 38.5 Å². The molecule has 0 spiro atoms. The van der Waals surface area contributed by atoms with Crippen LogP contribution in [0.2, 0.25) is 0 Å². The molecule has 0 aliphatic carbocycles. The van der Waals surface area contributed by atoms with E-state index in [1.54, 1.807) is 11.8 Å². The molecule has 1 aromatic heterocycles. The maximum Gasteiger partial charge on any atom is 0.410 e. The lowest BCUT2D eigenvalue weighted by molar-refractivity contribution is 0.102. The molecule has 1 aromatic carbocycles. The second-order valence-electron chi connectivity index (χ2n) is 6.53. The molecule has 2 heterocycles. The molecule has 3 rings (SSSR count). The summed E-state index contributed by atoms with van der Waals surface area (Å²) in [4.78, 5) is 31.5. The van der Waals surface area contributed by atoms with Gasteiger partial charge in [-0.25, -0.2) is 22.5 Å². The van der Waals surface area contributed by atoms with Gasteiger partial charge in [-0.3, -0.25) is 10.1 Å². The molecule has 2 aromatic rings. The monoisotopic (exact) mass is 438 g/mol. The van der Waals surface area contributed by atoms with Crippen molar-refractivity contribution in [3.63, 3.8) is 0 Å². The van der Waals surface area contributed by atoms with E-state index in [9.17, 15) is 18.0 Å². The summed E-state index contributed by atoms with van der Waals surface area (Å²) in [5.41, 5.74) is 1.18. The number of rotatable bonds is 5. The number of benzene rings is 1. The van der Waals surface area contributed by atoms with E-state index in [1.807, 2.05) is 0 Å². The van der Waals surface area contributed by atoms with Crippen molar-refractivity contribution in [2.75, 3.05) is 32.6 Å². The predicted octanol–water partition coefficient (Wildman–Crippen LogP) is 2.16. The zero-order chi connectivity index (χ0) is 21.2. The first-order valence-corrected chi connectivity index (χ1v) is 11.2. The number of nitrogens with one attached hydrogen (secondary N) is 1. The number of ether oxygens (including phenoxy) is 1. The molecule has 1 aliphatic rings. The number of hydrogen-bond acceptors (Lipinski definition) is 7. The van der Waals surface area contributed by atoms with Crippen LogP contribution in [0.5, 0.6) is 0 Å². The molecule has 9 nitrogen and oxygen atoms in total. The highest BCUT2D eigenvalue weighted by molar-refractivity contribution is 7.89. The number of fused-ring (bicyclic) bond motifs is 1. The molecular weight excluding hydrogens is 416 g/mol. The highest BCUT2D eigenvalue weighted by atomic mass is 32.2. The number of sulfonamides is 1. The largest absolute Gasteiger partial charge is 0.450 e. The highest BCUT2D eigenvalue weighted by Crippen LogP contribution is 2.29. The van der Waals surface area contributed by atoms with E-state index in [1.165, 1.54) is 49.7 Å². The van der Waals surface area contributed by atoms with Crippen LogP contribution in [0.4, 0.5) is 9.93 Å². The molecule has 0 atom stereocenters. The fourth-order valence-electron chi connectivity index (χ4n) is 2.78. The Kier molecular flexibility index (Phi) is 6.20. The lowest BCUT2D eigenvalue weighted by Crippen LogP contribution is -2.35. The Balaban J connectivity index is 1.69. The SMILES string of the molecule is CCOC(=O)N1CCc2nc(NC(=O)c3ccc(S(=O)(=O)N(C)C)cc3)sc2C1. The maximum absolute atomic E-state index is 12.5. The summed E-state index contributed by atoms with van der Waals surface area (Å²) >= 11 is 1.31. The molecule has 0 radical (unpaired) electrons. The van der Waals surface area contributed by atoms with Gasteiger partial charge in [0.15, 0.2) is 5.13 Å². The Hall–Kier alpha value is -2.50. The van der Waals surface area contributed by atoms with Gasteiger partial charge in [0.1, 0.15) is 0 Å². The minimum atomic E-state index is -3.55. The summed E-state index contributed by atoms with van der Waals surface area (Å²) in [5, 5.41) is 3.18. The lowest BCUT2D eigenvalue weighted by Gasteiger charge is -2.24. The molecule has 0 unspecified atom stereocenters. The van der Waals surface area contributed by atoms with Gasteiger partial charge < -0.3 is 9.64 Å². The van der Waals surface area contributed by atoms with Crippen molar-refractivity contribution < 1.29 is 22.7 Å². The van der Waals surface area contributed by atoms with Crippen molar-refractivity contribution in [2.45, 2.75) is 24.8 Å². The summed E-state index contributed by atoms with van der Waals surface area (Å²) in [6.45, 7) is 3.00. The van der Waals surface area contributed by atoms with E-state index in [-0.39, 0.29) is 16.9 Å². The molecule has 0 saturated heterocycles. The summed E-state index contributed by atoms with van der Waals surface area (Å²) in [7, 11) is -0.653. The summed E-state index contributed by atoms with van der Waals surface area (Å²) < 4.78 is 30.4. The van der Waals surface area contributed by atoms with Gasteiger partial charge in [0, 0.05) is 37.5 Å². The van der Waals surface area contributed by atoms with Crippen LogP contribution < -0.4 is 5.32 Å². The Morgan fingerprint density at radius 3 is 2.59 bits per heavy atom. The number of carbonyl (C=O) groups excluding carboxylic acids is 2.